The fourth-order valence-electron chi connectivity index (χ4n) is 1.66. The normalized spacial score (nSPS) is 10.4. The van der Waals surface area contributed by atoms with Crippen molar-refractivity contribution in [3.05, 3.63) is 50.2 Å². The maximum absolute atomic E-state index is 11.8. The van der Waals surface area contributed by atoms with Crippen molar-refractivity contribution in [3.63, 3.8) is 0 Å². The van der Waals surface area contributed by atoms with Gasteiger partial charge < -0.3 is 4.74 Å². The highest BCUT2D eigenvalue weighted by molar-refractivity contribution is 6.45. The van der Waals surface area contributed by atoms with Crippen molar-refractivity contribution in [3.8, 4) is 11.1 Å². The highest BCUT2D eigenvalue weighted by Crippen LogP contribution is 2.38. The molecule has 0 fully saturated rings. The molecule has 2 aromatic rings. The Hall–Kier alpha value is -1.000. The van der Waals surface area contributed by atoms with E-state index in [1.54, 1.807) is 12.1 Å². The van der Waals surface area contributed by atoms with E-state index in [-0.39, 0.29) is 20.9 Å². The molecule has 3 nitrogen and oxygen atoms in total. The van der Waals surface area contributed by atoms with E-state index in [0.717, 1.165) is 0 Å². The van der Waals surface area contributed by atoms with Crippen LogP contribution in [0.2, 0.25) is 20.2 Å². The highest BCUT2D eigenvalue weighted by Gasteiger charge is 2.19. The summed E-state index contributed by atoms with van der Waals surface area (Å²) >= 11 is 23.9. The van der Waals surface area contributed by atoms with E-state index in [1.807, 2.05) is 0 Å². The molecule has 0 aliphatic carbocycles. The largest absolute Gasteiger partial charge is 0.464 e. The first kappa shape index (κ1) is 15.4. The third-order valence-corrected chi connectivity index (χ3v) is 3.75. The van der Waals surface area contributed by atoms with E-state index in [2.05, 4.69) is 9.72 Å². The Labute approximate surface area is 135 Å². The third kappa shape index (κ3) is 3.01. The van der Waals surface area contributed by atoms with Crippen molar-refractivity contribution in [2.45, 2.75) is 0 Å². The molecule has 0 N–H and O–H groups in total. The van der Waals surface area contributed by atoms with Crippen molar-refractivity contribution >= 4 is 52.4 Å². The number of ether oxygens (including phenoxy) is 1. The molecule has 0 aliphatic heterocycles. The molecule has 0 aliphatic rings. The summed E-state index contributed by atoms with van der Waals surface area (Å²) in [5.41, 5.74) is 0.963. The lowest BCUT2D eigenvalue weighted by Crippen LogP contribution is -2.07. The molecule has 1 aromatic heterocycles. The Kier molecular flexibility index (Phi) is 4.76. The summed E-state index contributed by atoms with van der Waals surface area (Å²) in [6.07, 6.45) is 0. The zero-order valence-electron chi connectivity index (χ0n) is 10.1. The average molecular weight is 351 g/mol. The number of carbonyl (C=O) groups excluding carboxylic acids is 1. The van der Waals surface area contributed by atoms with Crippen LogP contribution in [0, 0.1) is 0 Å². The fraction of sp³-hybridized carbons (Fsp3) is 0.0769. The van der Waals surface area contributed by atoms with Gasteiger partial charge in [-0.2, -0.15) is 0 Å². The van der Waals surface area contributed by atoms with Crippen molar-refractivity contribution in [2.75, 3.05) is 7.11 Å². The van der Waals surface area contributed by atoms with Crippen LogP contribution in [0.15, 0.2) is 24.3 Å². The molecule has 0 atom stereocenters. The van der Waals surface area contributed by atoms with E-state index in [1.165, 1.54) is 19.2 Å². The summed E-state index contributed by atoms with van der Waals surface area (Å²) in [5, 5.41) is 1.10. The molecule has 0 saturated heterocycles. The smallest absolute Gasteiger partial charge is 0.357 e. The topological polar surface area (TPSA) is 39.2 Å². The van der Waals surface area contributed by atoms with Crippen molar-refractivity contribution < 1.29 is 9.53 Å². The van der Waals surface area contributed by atoms with Crippen LogP contribution in [0.1, 0.15) is 10.5 Å². The molecule has 1 aromatic carbocycles. The van der Waals surface area contributed by atoms with Crippen molar-refractivity contribution in [1.82, 2.24) is 4.98 Å². The lowest BCUT2D eigenvalue weighted by molar-refractivity contribution is 0.0595. The molecule has 0 radical (unpaired) electrons. The summed E-state index contributed by atoms with van der Waals surface area (Å²) in [4.78, 5) is 15.8. The molecule has 2 rings (SSSR count). The van der Waals surface area contributed by atoms with E-state index in [0.29, 0.717) is 16.1 Å². The van der Waals surface area contributed by atoms with E-state index in [9.17, 15) is 4.79 Å². The number of nitrogens with zero attached hydrogens (tertiary/aromatic N) is 1. The minimum Gasteiger partial charge on any atom is -0.464 e. The molecule has 0 spiro atoms. The van der Waals surface area contributed by atoms with Crippen LogP contribution >= 0.6 is 46.4 Å². The first-order chi connectivity index (χ1) is 9.43. The lowest BCUT2D eigenvalue weighted by atomic mass is 10.0. The number of hydrogen-bond donors (Lipinski definition) is 0. The van der Waals surface area contributed by atoms with Crippen LogP contribution in [-0.2, 0) is 4.74 Å². The molecule has 0 saturated carbocycles. The summed E-state index contributed by atoms with van der Waals surface area (Å²) < 4.78 is 4.68. The first-order valence-corrected chi connectivity index (χ1v) is 6.85. The average Bonchev–Trinajstić information content (AvgIpc) is 2.42. The standard InChI is InChI=1S/C13H7Cl4NO2/c1-20-13(19)12-7(2-3-10(16)18-12)8-4-6(14)5-9(15)11(8)17/h2-5H,1H3. The van der Waals surface area contributed by atoms with Crippen LogP contribution < -0.4 is 0 Å². The van der Waals surface area contributed by atoms with Crippen molar-refractivity contribution in [2.24, 2.45) is 0 Å². The molecule has 7 heteroatoms. The van der Waals surface area contributed by atoms with Gasteiger partial charge in [0.05, 0.1) is 17.2 Å². The molecular weight excluding hydrogens is 344 g/mol. The Morgan fingerprint density at radius 2 is 1.80 bits per heavy atom. The van der Waals surface area contributed by atoms with Crippen LogP contribution in [0.3, 0.4) is 0 Å². The quantitative estimate of drug-likeness (QED) is 0.427. The summed E-state index contributed by atoms with van der Waals surface area (Å²) in [7, 11) is 1.25. The highest BCUT2D eigenvalue weighted by atomic mass is 35.5. The van der Waals surface area contributed by atoms with Gasteiger partial charge in [0, 0.05) is 16.1 Å². The van der Waals surface area contributed by atoms with Gasteiger partial charge in [-0.05, 0) is 24.3 Å². The predicted molar refractivity (Wildman–Crippen MR) is 81.1 cm³/mol. The molecule has 0 amide bonds. The van der Waals surface area contributed by atoms with Gasteiger partial charge in [-0.3, -0.25) is 0 Å². The zero-order valence-corrected chi connectivity index (χ0v) is 13.1. The number of methoxy groups -OCH3 is 1. The minimum absolute atomic E-state index is 0.0419. The predicted octanol–water partition coefficient (Wildman–Crippen LogP) is 5.15. The summed E-state index contributed by atoms with van der Waals surface area (Å²) in [6, 6.07) is 6.24. The molecular formula is C13H7Cl4NO2. The second-order valence-electron chi connectivity index (χ2n) is 3.77. The number of pyridine rings is 1. The van der Waals surface area contributed by atoms with Crippen LogP contribution in [0.25, 0.3) is 11.1 Å². The number of aromatic nitrogens is 1. The Morgan fingerprint density at radius 1 is 1.10 bits per heavy atom. The number of benzene rings is 1. The number of halogens is 4. The monoisotopic (exact) mass is 349 g/mol. The second-order valence-corrected chi connectivity index (χ2v) is 5.38. The molecule has 104 valence electrons. The molecule has 1 heterocycles. The Morgan fingerprint density at radius 3 is 2.45 bits per heavy atom. The Bertz CT molecular complexity index is 688. The van der Waals surface area contributed by atoms with Gasteiger partial charge in [-0.25, -0.2) is 9.78 Å². The summed E-state index contributed by atoms with van der Waals surface area (Å²) in [6.45, 7) is 0. The van der Waals surface area contributed by atoms with Crippen LogP contribution in [0.5, 0.6) is 0 Å². The van der Waals surface area contributed by atoms with Gasteiger partial charge in [0.2, 0.25) is 0 Å². The third-order valence-electron chi connectivity index (χ3n) is 2.52. The SMILES string of the molecule is COC(=O)c1nc(Cl)ccc1-c1cc(Cl)cc(Cl)c1Cl. The molecule has 20 heavy (non-hydrogen) atoms. The van der Waals surface area contributed by atoms with E-state index < -0.39 is 5.97 Å². The first-order valence-electron chi connectivity index (χ1n) is 5.34. The van der Waals surface area contributed by atoms with Gasteiger partial charge in [-0.1, -0.05) is 46.4 Å². The number of rotatable bonds is 2. The van der Waals surface area contributed by atoms with Gasteiger partial charge in [-0.15, -0.1) is 0 Å². The van der Waals surface area contributed by atoms with Crippen LogP contribution in [-0.4, -0.2) is 18.1 Å². The van der Waals surface area contributed by atoms with E-state index >= 15 is 0 Å². The van der Waals surface area contributed by atoms with E-state index in [4.69, 9.17) is 46.4 Å². The maximum Gasteiger partial charge on any atom is 0.357 e. The zero-order chi connectivity index (χ0) is 14.9. The van der Waals surface area contributed by atoms with Gasteiger partial charge in [0.25, 0.3) is 0 Å². The second kappa shape index (κ2) is 6.19. The number of esters is 1. The van der Waals surface area contributed by atoms with Crippen molar-refractivity contribution in [1.29, 1.82) is 0 Å². The van der Waals surface area contributed by atoms with Gasteiger partial charge >= 0.3 is 5.97 Å². The number of carbonyl (C=O) groups is 1. The lowest BCUT2D eigenvalue weighted by Gasteiger charge is -2.11. The summed E-state index contributed by atoms with van der Waals surface area (Å²) in [5.74, 6) is -0.630. The molecule has 0 unspecified atom stereocenters. The van der Waals surface area contributed by atoms with Gasteiger partial charge in [0.1, 0.15) is 5.15 Å². The minimum atomic E-state index is -0.630. The number of hydrogen-bond acceptors (Lipinski definition) is 3. The van der Waals surface area contributed by atoms with Gasteiger partial charge in [0.15, 0.2) is 5.69 Å². The maximum atomic E-state index is 11.8. The van der Waals surface area contributed by atoms with Crippen LogP contribution in [0.4, 0.5) is 0 Å². The fourth-order valence-corrected chi connectivity index (χ4v) is 2.51. The molecule has 0 bridgehead atoms. The Balaban J connectivity index is 2.73.